The van der Waals surface area contributed by atoms with Crippen LogP contribution in [0.25, 0.3) is 0 Å². The zero-order valence-corrected chi connectivity index (χ0v) is 11.0. The van der Waals surface area contributed by atoms with Crippen LogP contribution in [0.3, 0.4) is 0 Å². The summed E-state index contributed by atoms with van der Waals surface area (Å²) in [6.07, 6.45) is 5.62. The Morgan fingerprint density at radius 3 is 2.21 bits per heavy atom. The van der Waals surface area contributed by atoms with Crippen molar-refractivity contribution in [3.8, 4) is 23.3 Å². The van der Waals surface area contributed by atoms with Gasteiger partial charge in [0.25, 0.3) is 0 Å². The third-order valence-corrected chi connectivity index (χ3v) is 2.60. The van der Waals surface area contributed by atoms with E-state index in [1.54, 1.807) is 0 Å². The van der Waals surface area contributed by atoms with E-state index in [9.17, 15) is 0 Å². The van der Waals surface area contributed by atoms with Gasteiger partial charge in [-0.2, -0.15) is 0 Å². The molecule has 78 valence electrons. The standard InChI is InChI=1S/C13H22Si/c1-5-6-7-8-9-10-11-12-13-14(2,3)4/h5-8,11H2,1-4H3. The molecule has 0 aromatic rings. The predicted molar refractivity (Wildman–Crippen MR) is 67.7 cm³/mol. The third kappa shape index (κ3) is 11.3. The molecule has 0 aromatic carbocycles. The van der Waals surface area contributed by atoms with Crippen LogP contribution < -0.4 is 0 Å². The maximum atomic E-state index is 3.31. The van der Waals surface area contributed by atoms with Crippen molar-refractivity contribution >= 4 is 8.07 Å². The lowest BCUT2D eigenvalue weighted by Gasteiger charge is -2.02. The molecule has 0 N–H and O–H groups in total. The second-order valence-corrected chi connectivity index (χ2v) is 9.29. The largest absolute Gasteiger partial charge is 0.131 e. The second-order valence-electron chi connectivity index (χ2n) is 4.54. The van der Waals surface area contributed by atoms with Gasteiger partial charge in [0.1, 0.15) is 8.07 Å². The first kappa shape index (κ1) is 13.3. The summed E-state index contributed by atoms with van der Waals surface area (Å²) in [6.45, 7) is 8.99. The van der Waals surface area contributed by atoms with Gasteiger partial charge in [0.2, 0.25) is 0 Å². The topological polar surface area (TPSA) is 0 Å². The molecule has 0 saturated heterocycles. The van der Waals surface area contributed by atoms with Crippen LogP contribution in [-0.4, -0.2) is 8.07 Å². The molecule has 0 amide bonds. The SMILES string of the molecule is CCCCCC#CCC#C[Si](C)(C)C. The molecule has 0 bridgehead atoms. The van der Waals surface area contributed by atoms with Gasteiger partial charge in [0.05, 0.1) is 6.42 Å². The minimum atomic E-state index is -1.17. The van der Waals surface area contributed by atoms with Gasteiger partial charge in [0.15, 0.2) is 0 Å². The number of unbranched alkanes of at least 4 members (excludes halogenated alkanes) is 3. The summed E-state index contributed by atoms with van der Waals surface area (Å²) in [5.74, 6) is 9.44. The smallest absolute Gasteiger partial charge is 0.129 e. The van der Waals surface area contributed by atoms with Crippen molar-refractivity contribution in [3.05, 3.63) is 0 Å². The molecule has 0 aliphatic rings. The van der Waals surface area contributed by atoms with Gasteiger partial charge in [-0.1, -0.05) is 51.2 Å². The fourth-order valence-electron chi connectivity index (χ4n) is 0.968. The van der Waals surface area contributed by atoms with E-state index in [0.717, 1.165) is 12.8 Å². The van der Waals surface area contributed by atoms with Crippen molar-refractivity contribution in [2.75, 3.05) is 0 Å². The lowest BCUT2D eigenvalue weighted by Crippen LogP contribution is -2.16. The van der Waals surface area contributed by atoms with E-state index in [2.05, 4.69) is 49.9 Å². The van der Waals surface area contributed by atoms with Crippen LogP contribution in [0.1, 0.15) is 39.0 Å². The molecular weight excluding hydrogens is 184 g/mol. The molecule has 0 atom stereocenters. The Balaban J connectivity index is 3.56. The van der Waals surface area contributed by atoms with E-state index >= 15 is 0 Å². The molecule has 0 fully saturated rings. The highest BCUT2D eigenvalue weighted by molar-refractivity contribution is 6.83. The first-order valence-corrected chi connectivity index (χ1v) is 9.02. The lowest BCUT2D eigenvalue weighted by molar-refractivity contribution is 0.737. The highest BCUT2D eigenvalue weighted by atomic mass is 28.3. The van der Waals surface area contributed by atoms with Gasteiger partial charge in [0, 0.05) is 6.42 Å². The van der Waals surface area contributed by atoms with Crippen LogP contribution in [0.5, 0.6) is 0 Å². The predicted octanol–water partition coefficient (Wildman–Crippen LogP) is 3.84. The maximum Gasteiger partial charge on any atom is 0.129 e. The first-order valence-electron chi connectivity index (χ1n) is 5.52. The highest BCUT2D eigenvalue weighted by Crippen LogP contribution is 1.97. The van der Waals surface area contributed by atoms with Crippen molar-refractivity contribution in [1.82, 2.24) is 0 Å². The van der Waals surface area contributed by atoms with Gasteiger partial charge in [-0.25, -0.2) is 0 Å². The van der Waals surface area contributed by atoms with Gasteiger partial charge >= 0.3 is 0 Å². The molecular formula is C13H22Si. The van der Waals surface area contributed by atoms with Gasteiger partial charge < -0.3 is 0 Å². The van der Waals surface area contributed by atoms with Crippen LogP contribution in [-0.2, 0) is 0 Å². The Labute approximate surface area is 90.5 Å². The molecule has 0 rings (SSSR count). The summed E-state index contributed by atoms with van der Waals surface area (Å²) < 4.78 is 0. The molecule has 0 radical (unpaired) electrons. The number of hydrogen-bond acceptors (Lipinski definition) is 0. The van der Waals surface area contributed by atoms with Gasteiger partial charge in [-0.15, -0.1) is 11.5 Å². The molecule has 0 aromatic heterocycles. The van der Waals surface area contributed by atoms with Crippen LogP contribution in [0, 0.1) is 23.3 Å². The van der Waals surface area contributed by atoms with Crippen molar-refractivity contribution in [2.45, 2.75) is 58.7 Å². The van der Waals surface area contributed by atoms with Crippen LogP contribution in [0.15, 0.2) is 0 Å². The normalized spacial score (nSPS) is 9.71. The molecule has 0 aliphatic heterocycles. The average molecular weight is 206 g/mol. The van der Waals surface area contributed by atoms with E-state index in [-0.39, 0.29) is 0 Å². The Kier molecular flexibility index (Phi) is 7.35. The van der Waals surface area contributed by atoms with Crippen molar-refractivity contribution in [3.63, 3.8) is 0 Å². The Morgan fingerprint density at radius 1 is 0.929 bits per heavy atom. The van der Waals surface area contributed by atoms with Crippen molar-refractivity contribution in [1.29, 1.82) is 0 Å². The van der Waals surface area contributed by atoms with Crippen LogP contribution in [0.4, 0.5) is 0 Å². The molecule has 0 aliphatic carbocycles. The summed E-state index contributed by atoms with van der Waals surface area (Å²) in [4.78, 5) is 0. The maximum absolute atomic E-state index is 3.31. The fourth-order valence-corrected chi connectivity index (χ4v) is 1.59. The van der Waals surface area contributed by atoms with Gasteiger partial charge in [-0.05, 0) is 6.42 Å². The number of rotatable bonds is 3. The van der Waals surface area contributed by atoms with Crippen LogP contribution in [0.2, 0.25) is 19.6 Å². The quantitative estimate of drug-likeness (QED) is 0.374. The second kappa shape index (κ2) is 7.71. The molecule has 0 saturated carbocycles. The minimum Gasteiger partial charge on any atom is -0.131 e. The Bertz CT molecular complexity index is 249. The van der Waals surface area contributed by atoms with Crippen LogP contribution >= 0.6 is 0 Å². The van der Waals surface area contributed by atoms with E-state index in [0.29, 0.717) is 0 Å². The summed E-state index contributed by atoms with van der Waals surface area (Å²) in [5.41, 5.74) is 3.31. The molecule has 0 heterocycles. The average Bonchev–Trinajstić information content (AvgIpc) is 2.08. The summed E-state index contributed by atoms with van der Waals surface area (Å²) >= 11 is 0. The first-order chi connectivity index (χ1) is 6.56. The highest BCUT2D eigenvalue weighted by Gasteiger charge is 2.06. The molecule has 0 nitrogen and oxygen atoms in total. The molecule has 0 unspecified atom stereocenters. The molecule has 1 heteroatoms. The third-order valence-electron chi connectivity index (χ3n) is 1.67. The summed E-state index contributed by atoms with van der Waals surface area (Å²) in [7, 11) is -1.17. The monoisotopic (exact) mass is 206 g/mol. The van der Waals surface area contributed by atoms with Gasteiger partial charge in [-0.3, -0.25) is 0 Å². The zero-order valence-electron chi connectivity index (χ0n) is 10.0. The Hall–Kier alpha value is -0.663. The molecule has 0 spiro atoms. The van der Waals surface area contributed by atoms with E-state index in [4.69, 9.17) is 0 Å². The summed E-state index contributed by atoms with van der Waals surface area (Å²) in [5, 5.41) is 0. The minimum absolute atomic E-state index is 0.760. The van der Waals surface area contributed by atoms with E-state index in [1.165, 1.54) is 19.3 Å². The summed E-state index contributed by atoms with van der Waals surface area (Å²) in [6, 6.07) is 0. The fraction of sp³-hybridized carbons (Fsp3) is 0.692. The van der Waals surface area contributed by atoms with Crippen molar-refractivity contribution in [2.24, 2.45) is 0 Å². The van der Waals surface area contributed by atoms with E-state index in [1.807, 2.05) is 0 Å². The molecule has 14 heavy (non-hydrogen) atoms. The lowest BCUT2D eigenvalue weighted by atomic mass is 10.2. The number of hydrogen-bond donors (Lipinski definition) is 0. The van der Waals surface area contributed by atoms with Crippen molar-refractivity contribution < 1.29 is 0 Å². The zero-order chi connectivity index (χ0) is 10.9. The van der Waals surface area contributed by atoms with E-state index < -0.39 is 8.07 Å². The Morgan fingerprint density at radius 2 is 1.64 bits per heavy atom.